The minimum atomic E-state index is -0.555. The molecule has 6 nitrogen and oxygen atoms in total. The van der Waals surface area contributed by atoms with Crippen LogP contribution in [0.1, 0.15) is 52.4 Å². The van der Waals surface area contributed by atoms with Crippen molar-refractivity contribution in [2.24, 2.45) is 29.1 Å². The second-order valence-electron chi connectivity index (χ2n) is 9.95. The van der Waals surface area contributed by atoms with E-state index >= 15 is 0 Å². The van der Waals surface area contributed by atoms with Crippen molar-refractivity contribution in [1.82, 2.24) is 5.32 Å². The Kier molecular flexibility index (Phi) is 4.48. The van der Waals surface area contributed by atoms with E-state index in [1.54, 1.807) is 18.2 Å². The third kappa shape index (κ3) is 3.36. The molecule has 4 aliphatic carbocycles. The lowest BCUT2D eigenvalue weighted by atomic mass is 9.49. The number of nitrogens with one attached hydrogen (secondary N) is 2. The van der Waals surface area contributed by atoms with E-state index in [0.717, 1.165) is 19.3 Å². The predicted molar refractivity (Wildman–Crippen MR) is 109 cm³/mol. The summed E-state index contributed by atoms with van der Waals surface area (Å²) >= 11 is 0. The van der Waals surface area contributed by atoms with Gasteiger partial charge in [0.25, 0.3) is 0 Å². The van der Waals surface area contributed by atoms with Gasteiger partial charge in [0, 0.05) is 17.2 Å². The third-order valence-electron chi connectivity index (χ3n) is 7.40. The van der Waals surface area contributed by atoms with Crippen LogP contribution in [0.2, 0.25) is 0 Å². The van der Waals surface area contributed by atoms with Crippen molar-refractivity contribution >= 4 is 17.5 Å². The van der Waals surface area contributed by atoms with E-state index in [1.807, 2.05) is 13.8 Å². The first-order valence-corrected chi connectivity index (χ1v) is 10.9. The topological polar surface area (TPSA) is 76.7 Å². The molecule has 0 saturated heterocycles. The highest BCUT2D eigenvalue weighted by Gasteiger charge is 2.55. The van der Waals surface area contributed by atoms with Crippen LogP contribution in [0.4, 0.5) is 5.69 Å². The molecule has 6 heteroatoms. The van der Waals surface area contributed by atoms with Gasteiger partial charge in [0.05, 0.1) is 0 Å². The summed E-state index contributed by atoms with van der Waals surface area (Å²) in [6.45, 7) is 4.15. The molecule has 0 radical (unpaired) electrons. The van der Waals surface area contributed by atoms with Gasteiger partial charge in [0.2, 0.25) is 18.6 Å². The molecule has 0 spiro atoms. The molecule has 1 atom stereocenters. The van der Waals surface area contributed by atoms with Gasteiger partial charge in [-0.15, -0.1) is 0 Å². The molecule has 29 heavy (non-hydrogen) atoms. The molecule has 1 aliphatic heterocycles. The lowest BCUT2D eigenvalue weighted by molar-refractivity contribution is -0.148. The van der Waals surface area contributed by atoms with Crippen LogP contribution in [-0.2, 0) is 9.59 Å². The van der Waals surface area contributed by atoms with Crippen LogP contribution in [0, 0.1) is 29.1 Å². The minimum absolute atomic E-state index is 0.00173. The van der Waals surface area contributed by atoms with Gasteiger partial charge in [-0.25, -0.2) is 0 Å². The zero-order valence-electron chi connectivity index (χ0n) is 17.2. The fourth-order valence-corrected chi connectivity index (χ4v) is 6.41. The van der Waals surface area contributed by atoms with Crippen LogP contribution < -0.4 is 20.1 Å². The molecular weight excluding hydrogens is 368 g/mol. The number of fused-ring (bicyclic) bond motifs is 1. The van der Waals surface area contributed by atoms with E-state index in [-0.39, 0.29) is 29.9 Å². The summed E-state index contributed by atoms with van der Waals surface area (Å²) < 4.78 is 10.7. The van der Waals surface area contributed by atoms with Crippen LogP contribution >= 0.6 is 0 Å². The highest BCUT2D eigenvalue weighted by Crippen LogP contribution is 2.60. The quantitative estimate of drug-likeness (QED) is 0.793. The molecule has 4 saturated carbocycles. The first-order chi connectivity index (χ1) is 13.9. The van der Waals surface area contributed by atoms with Crippen molar-refractivity contribution in [1.29, 1.82) is 0 Å². The van der Waals surface area contributed by atoms with E-state index in [0.29, 0.717) is 34.9 Å². The Morgan fingerprint density at radius 1 is 1.00 bits per heavy atom. The summed E-state index contributed by atoms with van der Waals surface area (Å²) in [5.74, 6) is 3.32. The molecule has 4 bridgehead atoms. The third-order valence-corrected chi connectivity index (χ3v) is 7.40. The summed E-state index contributed by atoms with van der Waals surface area (Å²) in [4.78, 5) is 26.4. The zero-order valence-corrected chi connectivity index (χ0v) is 17.2. The predicted octanol–water partition coefficient (Wildman–Crippen LogP) is 3.71. The van der Waals surface area contributed by atoms with E-state index < -0.39 is 6.04 Å². The van der Waals surface area contributed by atoms with E-state index in [4.69, 9.17) is 9.47 Å². The number of carbonyl (C=O) groups excluding carboxylic acids is 2. The molecule has 1 heterocycles. The summed E-state index contributed by atoms with van der Waals surface area (Å²) in [6, 6.07) is 4.79. The maximum absolute atomic E-state index is 13.4. The average Bonchev–Trinajstić information content (AvgIpc) is 3.12. The molecule has 0 unspecified atom stereocenters. The van der Waals surface area contributed by atoms with Crippen LogP contribution in [-0.4, -0.2) is 24.6 Å². The molecule has 156 valence electrons. The number of carbonyl (C=O) groups is 2. The molecule has 6 rings (SSSR count). The maximum atomic E-state index is 13.4. The number of hydrogen-bond acceptors (Lipinski definition) is 4. The molecule has 5 aliphatic rings. The molecule has 0 aromatic heterocycles. The van der Waals surface area contributed by atoms with E-state index in [2.05, 4.69) is 10.6 Å². The fourth-order valence-electron chi connectivity index (χ4n) is 6.41. The Hall–Kier alpha value is -2.24. The van der Waals surface area contributed by atoms with Crippen LogP contribution in [0.25, 0.3) is 0 Å². The maximum Gasteiger partial charge on any atom is 0.247 e. The molecule has 2 N–H and O–H groups in total. The van der Waals surface area contributed by atoms with Crippen molar-refractivity contribution < 1.29 is 19.1 Å². The van der Waals surface area contributed by atoms with Crippen molar-refractivity contribution in [3.05, 3.63) is 18.2 Å². The van der Waals surface area contributed by atoms with Gasteiger partial charge in [-0.1, -0.05) is 13.8 Å². The fraction of sp³-hybridized carbons (Fsp3) is 0.652. The number of amides is 2. The molecule has 1 aromatic rings. The largest absolute Gasteiger partial charge is 0.454 e. The highest BCUT2D eigenvalue weighted by molar-refractivity contribution is 5.98. The zero-order chi connectivity index (χ0) is 20.2. The number of anilines is 1. The first kappa shape index (κ1) is 18.8. The highest BCUT2D eigenvalue weighted by atomic mass is 16.7. The summed E-state index contributed by atoms with van der Waals surface area (Å²) in [7, 11) is 0. The molecule has 4 fully saturated rings. The normalized spacial score (nSPS) is 32.3. The van der Waals surface area contributed by atoms with Crippen LogP contribution in [0.5, 0.6) is 11.5 Å². The first-order valence-electron chi connectivity index (χ1n) is 10.9. The van der Waals surface area contributed by atoms with Gasteiger partial charge in [0.15, 0.2) is 11.5 Å². The smallest absolute Gasteiger partial charge is 0.247 e. The van der Waals surface area contributed by atoms with E-state index in [9.17, 15) is 9.59 Å². The Morgan fingerprint density at radius 2 is 1.62 bits per heavy atom. The molecule has 1 aromatic carbocycles. The van der Waals surface area contributed by atoms with Gasteiger partial charge >= 0.3 is 0 Å². The van der Waals surface area contributed by atoms with Crippen molar-refractivity contribution in [2.75, 3.05) is 12.1 Å². The van der Waals surface area contributed by atoms with Crippen molar-refractivity contribution in [2.45, 2.75) is 58.4 Å². The monoisotopic (exact) mass is 398 g/mol. The van der Waals surface area contributed by atoms with Crippen LogP contribution in [0.15, 0.2) is 18.2 Å². The number of hydrogen-bond donors (Lipinski definition) is 2. The summed E-state index contributed by atoms with van der Waals surface area (Å²) in [6.07, 6.45) is 6.89. The van der Waals surface area contributed by atoms with Gasteiger partial charge in [-0.2, -0.15) is 0 Å². The Labute approximate surface area is 171 Å². The molecular formula is C23H30N2O4. The average molecular weight is 399 g/mol. The number of benzene rings is 1. The van der Waals surface area contributed by atoms with Crippen molar-refractivity contribution in [3.8, 4) is 11.5 Å². The minimum Gasteiger partial charge on any atom is -0.454 e. The van der Waals surface area contributed by atoms with Gasteiger partial charge < -0.3 is 20.1 Å². The Bertz CT molecular complexity index is 799. The van der Waals surface area contributed by atoms with Gasteiger partial charge in [0.1, 0.15) is 6.04 Å². The lowest BCUT2D eigenvalue weighted by Gasteiger charge is -2.55. The Morgan fingerprint density at radius 3 is 2.24 bits per heavy atom. The SMILES string of the molecule is CC(C)[C@@H](NC(=O)C12CC3CC(CC(C3)C1)C2)C(=O)Nc1ccc2c(c1)OCO2. The Balaban J connectivity index is 1.29. The summed E-state index contributed by atoms with van der Waals surface area (Å²) in [5.41, 5.74) is 0.398. The van der Waals surface area contributed by atoms with Gasteiger partial charge in [-0.05, 0) is 74.3 Å². The molecule has 2 amide bonds. The number of rotatable bonds is 5. The second-order valence-corrected chi connectivity index (χ2v) is 9.95. The second kappa shape index (κ2) is 6.92. The summed E-state index contributed by atoms with van der Waals surface area (Å²) in [5, 5.41) is 6.08. The van der Waals surface area contributed by atoms with Crippen LogP contribution in [0.3, 0.4) is 0 Å². The number of ether oxygens (including phenoxy) is 2. The standard InChI is InChI=1S/C23H30N2O4/c1-13(2)20(21(26)24-17-3-4-18-19(8-17)29-12-28-18)25-22(27)23-9-14-5-15(10-23)7-16(6-14)11-23/h3-4,8,13-16,20H,5-7,9-12H2,1-2H3,(H,24,26)(H,25,27)/t14?,15?,16?,20-,23?/m1/s1. The van der Waals surface area contributed by atoms with E-state index in [1.165, 1.54) is 19.3 Å². The van der Waals surface area contributed by atoms with Gasteiger partial charge in [-0.3, -0.25) is 9.59 Å². The lowest BCUT2D eigenvalue weighted by Crippen LogP contribution is -2.57. The van der Waals surface area contributed by atoms with Crippen molar-refractivity contribution in [3.63, 3.8) is 0 Å².